The lowest BCUT2D eigenvalue weighted by Crippen LogP contribution is -2.51. The minimum Gasteiger partial charge on any atom is -0.484 e. The topological polar surface area (TPSA) is 79.5 Å². The molecule has 1 aliphatic heterocycles. The molecule has 2 amide bonds. The molecule has 0 radical (unpaired) electrons. The summed E-state index contributed by atoms with van der Waals surface area (Å²) in [5, 5.41) is 9.75. The van der Waals surface area contributed by atoms with E-state index in [1.165, 1.54) is 12.1 Å². The number of fused-ring (bicyclic) bond motifs is 1. The van der Waals surface area contributed by atoms with Crippen LogP contribution in [0.2, 0.25) is 5.02 Å². The van der Waals surface area contributed by atoms with Gasteiger partial charge in [-0.05, 0) is 69.9 Å². The van der Waals surface area contributed by atoms with Crippen LogP contribution in [0.15, 0.2) is 18.2 Å². The van der Waals surface area contributed by atoms with Crippen LogP contribution >= 0.6 is 11.6 Å². The van der Waals surface area contributed by atoms with E-state index in [1.807, 2.05) is 0 Å². The molecule has 3 saturated carbocycles. The Balaban J connectivity index is 1.21. The van der Waals surface area contributed by atoms with Gasteiger partial charge in [-0.25, -0.2) is 4.39 Å². The molecular formula is C23H31ClFN3O3. The van der Waals surface area contributed by atoms with Crippen LogP contribution in [0.5, 0.6) is 5.75 Å². The van der Waals surface area contributed by atoms with Crippen LogP contribution in [0.3, 0.4) is 0 Å². The van der Waals surface area contributed by atoms with Crippen molar-refractivity contribution in [1.82, 2.24) is 16.0 Å². The summed E-state index contributed by atoms with van der Waals surface area (Å²) in [4.78, 5) is 25.2. The summed E-state index contributed by atoms with van der Waals surface area (Å²) >= 11 is 5.65. The third-order valence-electron chi connectivity index (χ3n) is 7.32. The summed E-state index contributed by atoms with van der Waals surface area (Å²) in [6.07, 6.45) is 4.57. The molecule has 4 unspecified atom stereocenters. The molecule has 0 aromatic heterocycles. The molecule has 170 valence electrons. The zero-order valence-corrected chi connectivity index (χ0v) is 18.8. The Kier molecular flexibility index (Phi) is 6.44. The van der Waals surface area contributed by atoms with Crippen molar-refractivity contribution < 1.29 is 18.7 Å². The van der Waals surface area contributed by atoms with Crippen molar-refractivity contribution in [2.45, 2.75) is 64.1 Å². The van der Waals surface area contributed by atoms with Crippen LogP contribution in [0, 0.1) is 23.1 Å². The SMILES string of the molecule is CC1CCC(CNC(=O)C23CC(C2)C(NC(=O)COc2ccc(Cl)c(F)c2)C3)C(C)N1. The fraction of sp³-hybridized carbons (Fsp3) is 0.652. The zero-order chi connectivity index (χ0) is 22.2. The largest absolute Gasteiger partial charge is 0.484 e. The molecule has 1 saturated heterocycles. The van der Waals surface area contributed by atoms with Crippen molar-refractivity contribution in [1.29, 1.82) is 0 Å². The van der Waals surface area contributed by atoms with E-state index in [-0.39, 0.29) is 40.7 Å². The minimum atomic E-state index is -0.586. The Hall–Kier alpha value is -1.86. The predicted octanol–water partition coefficient (Wildman–Crippen LogP) is 3.04. The molecular weight excluding hydrogens is 421 g/mol. The summed E-state index contributed by atoms with van der Waals surface area (Å²) < 4.78 is 18.8. The van der Waals surface area contributed by atoms with Gasteiger partial charge < -0.3 is 20.7 Å². The zero-order valence-electron chi connectivity index (χ0n) is 18.0. The van der Waals surface area contributed by atoms with Gasteiger partial charge >= 0.3 is 0 Å². The summed E-state index contributed by atoms with van der Waals surface area (Å²) in [5.41, 5.74) is -0.346. The van der Waals surface area contributed by atoms with Crippen LogP contribution in [0.1, 0.15) is 46.0 Å². The van der Waals surface area contributed by atoms with Crippen molar-refractivity contribution in [2.75, 3.05) is 13.2 Å². The van der Waals surface area contributed by atoms with Gasteiger partial charge in [-0.3, -0.25) is 9.59 Å². The number of nitrogens with one attached hydrogen (secondary N) is 3. The highest BCUT2D eigenvalue weighted by Crippen LogP contribution is 2.58. The number of carbonyl (C=O) groups is 2. The van der Waals surface area contributed by atoms with E-state index in [9.17, 15) is 14.0 Å². The highest BCUT2D eigenvalue weighted by Gasteiger charge is 2.60. The second-order valence-corrected chi connectivity index (χ2v) is 10.0. The monoisotopic (exact) mass is 451 g/mol. The number of halogens is 2. The van der Waals surface area contributed by atoms with Gasteiger partial charge in [0, 0.05) is 30.7 Å². The Labute approximate surface area is 187 Å². The third kappa shape index (κ3) is 4.82. The highest BCUT2D eigenvalue weighted by atomic mass is 35.5. The van der Waals surface area contributed by atoms with Crippen molar-refractivity contribution in [3.8, 4) is 5.75 Å². The summed E-state index contributed by atoms with van der Waals surface area (Å²) in [5.74, 6) is 0.318. The Morgan fingerprint density at radius 3 is 2.74 bits per heavy atom. The number of ether oxygens (including phenoxy) is 1. The number of hydrogen-bond donors (Lipinski definition) is 3. The van der Waals surface area contributed by atoms with Gasteiger partial charge in [0.2, 0.25) is 5.91 Å². The smallest absolute Gasteiger partial charge is 0.258 e. The molecule has 3 N–H and O–H groups in total. The van der Waals surface area contributed by atoms with E-state index >= 15 is 0 Å². The van der Waals surface area contributed by atoms with Crippen molar-refractivity contribution in [3.05, 3.63) is 29.0 Å². The first-order valence-electron chi connectivity index (χ1n) is 11.2. The Morgan fingerprint density at radius 2 is 2.03 bits per heavy atom. The van der Waals surface area contributed by atoms with E-state index in [1.54, 1.807) is 0 Å². The van der Waals surface area contributed by atoms with Crippen LogP contribution in [-0.2, 0) is 9.59 Å². The lowest BCUT2D eigenvalue weighted by atomic mass is 9.69. The first-order chi connectivity index (χ1) is 14.8. The molecule has 0 spiro atoms. The number of hydrogen-bond acceptors (Lipinski definition) is 4. The standard InChI is InChI=1S/C23H31ClFN3O3/c1-13-3-4-15(14(2)27-13)11-26-22(30)23-8-16(9-23)20(10-23)28-21(29)12-31-17-5-6-18(24)19(25)7-17/h5-7,13-16,20,27H,3-4,8-12H2,1-2H3,(H,26,30)(H,28,29). The average Bonchev–Trinajstić information content (AvgIpc) is 3.23. The van der Waals surface area contributed by atoms with Gasteiger partial charge in [-0.1, -0.05) is 11.6 Å². The number of rotatable bonds is 7. The summed E-state index contributed by atoms with van der Waals surface area (Å²) in [6.45, 7) is 4.89. The van der Waals surface area contributed by atoms with Gasteiger partial charge in [0.05, 0.1) is 10.4 Å². The maximum atomic E-state index is 13.5. The first-order valence-corrected chi connectivity index (χ1v) is 11.5. The molecule has 3 aliphatic carbocycles. The summed E-state index contributed by atoms with van der Waals surface area (Å²) in [6, 6.07) is 5.00. The van der Waals surface area contributed by atoms with E-state index in [2.05, 4.69) is 29.8 Å². The molecule has 1 aromatic carbocycles. The van der Waals surface area contributed by atoms with Crippen molar-refractivity contribution in [2.24, 2.45) is 17.3 Å². The van der Waals surface area contributed by atoms with Gasteiger partial charge in [0.15, 0.2) is 6.61 Å². The van der Waals surface area contributed by atoms with E-state index < -0.39 is 5.82 Å². The van der Waals surface area contributed by atoms with E-state index in [0.29, 0.717) is 36.9 Å². The van der Waals surface area contributed by atoms with Gasteiger partial charge in [-0.2, -0.15) is 0 Å². The summed E-state index contributed by atoms with van der Waals surface area (Å²) in [7, 11) is 0. The van der Waals surface area contributed by atoms with Crippen LogP contribution in [0.25, 0.3) is 0 Å². The number of piperidine rings is 1. The Morgan fingerprint density at radius 1 is 1.26 bits per heavy atom. The van der Waals surface area contributed by atoms with E-state index in [4.69, 9.17) is 16.3 Å². The maximum Gasteiger partial charge on any atom is 0.258 e. The lowest BCUT2D eigenvalue weighted by molar-refractivity contribution is -0.135. The molecule has 1 aromatic rings. The molecule has 5 rings (SSSR count). The maximum absolute atomic E-state index is 13.5. The number of amides is 2. The quantitative estimate of drug-likeness (QED) is 0.595. The first kappa shape index (κ1) is 22.3. The predicted molar refractivity (Wildman–Crippen MR) is 116 cm³/mol. The lowest BCUT2D eigenvalue weighted by Gasteiger charge is -2.38. The molecule has 31 heavy (non-hydrogen) atoms. The van der Waals surface area contributed by atoms with Crippen LogP contribution < -0.4 is 20.7 Å². The molecule has 1 heterocycles. The number of benzene rings is 1. The third-order valence-corrected chi connectivity index (χ3v) is 7.63. The fourth-order valence-electron chi connectivity index (χ4n) is 5.47. The molecule has 4 aliphatic rings. The average molecular weight is 452 g/mol. The molecule has 4 fully saturated rings. The number of carbonyl (C=O) groups excluding carboxylic acids is 2. The Bertz CT molecular complexity index is 845. The van der Waals surface area contributed by atoms with Crippen LogP contribution in [0.4, 0.5) is 4.39 Å². The highest BCUT2D eigenvalue weighted by molar-refractivity contribution is 6.30. The van der Waals surface area contributed by atoms with E-state index in [0.717, 1.165) is 31.7 Å². The van der Waals surface area contributed by atoms with Gasteiger partial charge in [0.25, 0.3) is 5.91 Å². The fourth-order valence-corrected chi connectivity index (χ4v) is 5.58. The molecule has 8 heteroatoms. The van der Waals surface area contributed by atoms with Gasteiger partial charge in [0.1, 0.15) is 11.6 Å². The molecule has 2 bridgehead atoms. The van der Waals surface area contributed by atoms with Gasteiger partial charge in [-0.15, -0.1) is 0 Å². The van der Waals surface area contributed by atoms with Crippen molar-refractivity contribution in [3.63, 3.8) is 0 Å². The normalized spacial score (nSPS) is 34.0. The molecule has 6 nitrogen and oxygen atoms in total. The second kappa shape index (κ2) is 8.94. The minimum absolute atomic E-state index is 0.00914. The molecule has 4 atom stereocenters. The van der Waals surface area contributed by atoms with Crippen LogP contribution in [-0.4, -0.2) is 43.1 Å². The second-order valence-electron chi connectivity index (χ2n) is 9.60. The van der Waals surface area contributed by atoms with Crippen molar-refractivity contribution >= 4 is 23.4 Å².